The topological polar surface area (TPSA) is 113 Å². The van der Waals surface area contributed by atoms with Crippen LogP contribution in [0.3, 0.4) is 0 Å². The maximum Gasteiger partial charge on any atom is 0.225 e. The summed E-state index contributed by atoms with van der Waals surface area (Å²) in [7, 11) is 0. The molecule has 2 amide bonds. The number of nitrogens with two attached hydrogens (primary N) is 1. The Morgan fingerprint density at radius 1 is 1.15 bits per heavy atom. The lowest BCUT2D eigenvalue weighted by atomic mass is 9.96. The van der Waals surface area contributed by atoms with E-state index < -0.39 is 0 Å². The van der Waals surface area contributed by atoms with E-state index in [4.69, 9.17) is 10.1 Å². The smallest absolute Gasteiger partial charge is 0.225 e. The number of nitrogens with one attached hydrogen (secondary N) is 1. The Hall–Kier alpha value is -3.98. The Kier molecular flexibility index (Phi) is 11.0. The van der Waals surface area contributed by atoms with Crippen molar-refractivity contribution >= 4 is 28.9 Å². The van der Waals surface area contributed by atoms with Crippen LogP contribution in [-0.4, -0.2) is 24.6 Å². The van der Waals surface area contributed by atoms with Crippen molar-refractivity contribution in [3.05, 3.63) is 84.5 Å². The molecular formula is C27H31N3O3. The second kappa shape index (κ2) is 13.4. The number of rotatable bonds is 7. The summed E-state index contributed by atoms with van der Waals surface area (Å²) in [5.41, 5.74) is 7.06. The van der Waals surface area contributed by atoms with Gasteiger partial charge < -0.3 is 11.1 Å². The van der Waals surface area contributed by atoms with E-state index in [0.717, 1.165) is 0 Å². The second-order valence-corrected chi connectivity index (χ2v) is 7.77. The van der Waals surface area contributed by atoms with Gasteiger partial charge in [0, 0.05) is 5.57 Å². The molecule has 1 aliphatic carbocycles. The van der Waals surface area contributed by atoms with E-state index in [1.54, 1.807) is 6.07 Å². The normalized spacial score (nSPS) is 13.4. The molecule has 3 N–H and O–H groups in total. The van der Waals surface area contributed by atoms with Gasteiger partial charge >= 0.3 is 0 Å². The average Bonchev–Trinajstić information content (AvgIpc) is 3.56. The first kappa shape index (κ1) is 27.1. The van der Waals surface area contributed by atoms with Crippen LogP contribution in [-0.2, 0) is 19.8 Å². The molecule has 0 bridgehead atoms. The highest BCUT2D eigenvalue weighted by molar-refractivity contribution is 5.98. The molecule has 1 saturated carbocycles. The largest absolute Gasteiger partial charge is 0.372 e. The number of Topliss-reactive ketones (excluding diaryl/α,β-unsaturated/α-hetero) is 1. The van der Waals surface area contributed by atoms with E-state index in [1.165, 1.54) is 48.3 Å². The van der Waals surface area contributed by atoms with Gasteiger partial charge in [0.25, 0.3) is 0 Å². The number of nitrogens with zero attached hydrogens (tertiary/aromatic N) is 1. The first-order valence-electron chi connectivity index (χ1n) is 10.5. The van der Waals surface area contributed by atoms with Crippen LogP contribution in [0, 0.1) is 11.3 Å². The summed E-state index contributed by atoms with van der Waals surface area (Å²) in [6, 6.07) is 17.3. The number of carbonyl (C=O) groups excluding carboxylic acids is 3. The van der Waals surface area contributed by atoms with Crippen LogP contribution in [0.4, 0.5) is 0 Å². The SMILES string of the molecule is C=C/C(CC(=O)NCC#N)=C(\C=C)C(C)=O.CC1(c2ccc3ccccc3c2)CC1.NC=O. The third-order valence-corrected chi connectivity index (χ3v) is 5.34. The van der Waals surface area contributed by atoms with Gasteiger partial charge in [-0.25, -0.2) is 0 Å². The summed E-state index contributed by atoms with van der Waals surface area (Å²) in [6.07, 6.45) is 5.82. The van der Waals surface area contributed by atoms with E-state index in [2.05, 4.69) is 73.6 Å². The molecule has 0 radical (unpaired) electrons. The molecule has 2 aromatic carbocycles. The number of nitriles is 1. The minimum atomic E-state index is -0.322. The third-order valence-electron chi connectivity index (χ3n) is 5.34. The summed E-state index contributed by atoms with van der Waals surface area (Å²) in [6.45, 7) is 10.8. The number of ketones is 1. The predicted molar refractivity (Wildman–Crippen MR) is 132 cm³/mol. The number of amides is 2. The Morgan fingerprint density at radius 2 is 1.76 bits per heavy atom. The predicted octanol–water partition coefficient (Wildman–Crippen LogP) is 4.27. The lowest BCUT2D eigenvalue weighted by Gasteiger charge is -2.09. The van der Waals surface area contributed by atoms with Crippen LogP contribution < -0.4 is 11.1 Å². The molecular weight excluding hydrogens is 414 g/mol. The summed E-state index contributed by atoms with van der Waals surface area (Å²) >= 11 is 0. The van der Waals surface area contributed by atoms with E-state index in [1.807, 2.05) is 0 Å². The Bertz CT molecular complexity index is 1090. The van der Waals surface area contributed by atoms with Crippen LogP contribution in [0.15, 0.2) is 78.9 Å². The highest BCUT2D eigenvalue weighted by Crippen LogP contribution is 2.47. The summed E-state index contributed by atoms with van der Waals surface area (Å²) in [5, 5.41) is 13.4. The number of hydrogen-bond acceptors (Lipinski definition) is 4. The van der Waals surface area contributed by atoms with E-state index in [9.17, 15) is 9.59 Å². The van der Waals surface area contributed by atoms with Gasteiger partial charge in [-0.1, -0.05) is 74.7 Å². The lowest BCUT2D eigenvalue weighted by molar-refractivity contribution is -0.120. The standard InChI is InChI=1S/C14H14.C12H14N2O2.CH3NO/c1-14(8-9-14)13-7-6-11-4-2-3-5-12(11)10-13;1-4-10(11(5-2)9(3)15)8-12(16)14-7-6-13;2-1-3/h2-7,10H,8-9H2,1H3;4-5H,1-2,7-8H2,3H3,(H,14,16);1H,(H2,2,3)/b;11-10-;. The van der Waals surface area contributed by atoms with Crippen molar-refractivity contribution in [2.75, 3.05) is 6.54 Å². The molecule has 1 fully saturated rings. The molecule has 6 heteroatoms. The third kappa shape index (κ3) is 8.58. The van der Waals surface area contributed by atoms with Crippen molar-refractivity contribution in [3.63, 3.8) is 0 Å². The fourth-order valence-corrected chi connectivity index (χ4v) is 3.19. The van der Waals surface area contributed by atoms with Crippen LogP contribution in [0.2, 0.25) is 0 Å². The van der Waals surface area contributed by atoms with Crippen molar-refractivity contribution in [1.29, 1.82) is 5.26 Å². The van der Waals surface area contributed by atoms with E-state index >= 15 is 0 Å². The van der Waals surface area contributed by atoms with Gasteiger partial charge in [-0.05, 0) is 47.1 Å². The van der Waals surface area contributed by atoms with Gasteiger partial charge in [0.1, 0.15) is 6.54 Å². The monoisotopic (exact) mass is 445 g/mol. The number of benzene rings is 2. The van der Waals surface area contributed by atoms with Crippen LogP contribution in [0.1, 0.15) is 38.7 Å². The number of primary amides is 1. The molecule has 2 aromatic rings. The van der Waals surface area contributed by atoms with Crippen molar-refractivity contribution in [2.45, 2.75) is 38.5 Å². The number of hydrogen-bond donors (Lipinski definition) is 2. The van der Waals surface area contributed by atoms with Crippen molar-refractivity contribution in [1.82, 2.24) is 5.32 Å². The second-order valence-electron chi connectivity index (χ2n) is 7.77. The highest BCUT2D eigenvalue weighted by Gasteiger charge is 2.38. The zero-order valence-corrected chi connectivity index (χ0v) is 19.3. The van der Waals surface area contributed by atoms with Crippen LogP contribution in [0.5, 0.6) is 0 Å². The molecule has 0 aromatic heterocycles. The molecule has 0 unspecified atom stereocenters. The Morgan fingerprint density at radius 3 is 2.24 bits per heavy atom. The molecule has 172 valence electrons. The zero-order chi connectivity index (χ0) is 24.9. The quantitative estimate of drug-likeness (QED) is 0.287. The molecule has 0 aliphatic heterocycles. The van der Waals surface area contributed by atoms with Crippen molar-refractivity contribution < 1.29 is 14.4 Å². The molecule has 0 spiro atoms. The Balaban J connectivity index is 0.000000296. The average molecular weight is 446 g/mol. The van der Waals surface area contributed by atoms with Crippen molar-refractivity contribution in [2.24, 2.45) is 5.73 Å². The molecule has 0 atom stereocenters. The van der Waals surface area contributed by atoms with Gasteiger partial charge in [0.15, 0.2) is 5.78 Å². The van der Waals surface area contributed by atoms with Gasteiger partial charge in [-0.2, -0.15) is 5.26 Å². The highest BCUT2D eigenvalue weighted by atomic mass is 16.1. The van der Waals surface area contributed by atoms with E-state index in [-0.39, 0.29) is 31.1 Å². The molecule has 1 aliphatic rings. The maximum absolute atomic E-state index is 11.3. The van der Waals surface area contributed by atoms with Gasteiger partial charge in [-0.15, -0.1) is 0 Å². The maximum atomic E-state index is 11.3. The summed E-state index contributed by atoms with van der Waals surface area (Å²) in [4.78, 5) is 31.1. The molecule has 0 saturated heterocycles. The molecule has 3 rings (SSSR count). The molecule has 6 nitrogen and oxygen atoms in total. The number of allylic oxidation sites excluding steroid dienone is 3. The minimum Gasteiger partial charge on any atom is -0.372 e. The van der Waals surface area contributed by atoms with Gasteiger partial charge in [0.2, 0.25) is 12.3 Å². The minimum absolute atomic E-state index is 0.0200. The van der Waals surface area contributed by atoms with Gasteiger partial charge in [0.05, 0.1) is 12.5 Å². The fourth-order valence-electron chi connectivity index (χ4n) is 3.19. The lowest BCUT2D eigenvalue weighted by Crippen LogP contribution is -2.23. The van der Waals surface area contributed by atoms with E-state index in [0.29, 0.717) is 16.6 Å². The zero-order valence-electron chi connectivity index (χ0n) is 19.3. The number of carbonyl (C=O) groups is 3. The first-order chi connectivity index (χ1) is 15.8. The summed E-state index contributed by atoms with van der Waals surface area (Å²) < 4.78 is 0. The van der Waals surface area contributed by atoms with Crippen LogP contribution >= 0.6 is 0 Å². The number of fused-ring (bicyclic) bond motifs is 1. The van der Waals surface area contributed by atoms with Crippen molar-refractivity contribution in [3.8, 4) is 6.07 Å². The van der Waals surface area contributed by atoms with Gasteiger partial charge in [-0.3, -0.25) is 14.4 Å². The molecule has 0 heterocycles. The fraction of sp³-hybridized carbons (Fsp3) is 0.259. The molecule has 33 heavy (non-hydrogen) atoms. The first-order valence-corrected chi connectivity index (χ1v) is 10.5. The summed E-state index contributed by atoms with van der Waals surface area (Å²) in [5.74, 6) is -0.491. The van der Waals surface area contributed by atoms with Crippen LogP contribution in [0.25, 0.3) is 10.8 Å². The Labute approximate surface area is 195 Å².